The van der Waals surface area contributed by atoms with Gasteiger partial charge in [0, 0.05) is 12.1 Å². The Kier molecular flexibility index (Phi) is 9.69. The van der Waals surface area contributed by atoms with Gasteiger partial charge in [-0.2, -0.15) is 0 Å². The van der Waals surface area contributed by atoms with E-state index in [2.05, 4.69) is 5.32 Å². The molecule has 0 aliphatic carbocycles. The summed E-state index contributed by atoms with van der Waals surface area (Å²) in [5.41, 5.74) is 1.20. The maximum absolute atomic E-state index is 13.9. The van der Waals surface area contributed by atoms with Gasteiger partial charge in [-0.05, 0) is 64.4 Å². The van der Waals surface area contributed by atoms with Crippen molar-refractivity contribution in [1.82, 2.24) is 10.2 Å². The number of benzene rings is 3. The minimum Gasteiger partial charge on any atom is -0.350 e. The summed E-state index contributed by atoms with van der Waals surface area (Å²) in [6.45, 7) is 8.49. The Morgan fingerprint density at radius 1 is 0.923 bits per heavy atom. The lowest BCUT2D eigenvalue weighted by Crippen LogP contribution is -2.54. The molecule has 39 heavy (non-hydrogen) atoms. The SMILES string of the molecule is Cc1ccc(S(=O)(=O)N(CC(=O)N(Cc2ccccc2)C(C)C(=O)NC(C)(C)C)c2cccc(Cl)c2Cl)cc1. The Hall–Kier alpha value is -3.07. The second-order valence-electron chi connectivity index (χ2n) is 10.3. The Balaban J connectivity index is 2.07. The van der Waals surface area contributed by atoms with Crippen LogP contribution < -0.4 is 9.62 Å². The number of halogens is 2. The highest BCUT2D eigenvalue weighted by Gasteiger charge is 2.34. The molecule has 0 saturated heterocycles. The van der Waals surface area contributed by atoms with Gasteiger partial charge in [0.2, 0.25) is 11.8 Å². The molecule has 0 fully saturated rings. The molecule has 0 aliphatic rings. The summed E-state index contributed by atoms with van der Waals surface area (Å²) >= 11 is 12.7. The van der Waals surface area contributed by atoms with Gasteiger partial charge in [0.25, 0.3) is 10.0 Å². The summed E-state index contributed by atoms with van der Waals surface area (Å²) in [4.78, 5) is 28.4. The van der Waals surface area contributed by atoms with Crippen molar-refractivity contribution in [2.75, 3.05) is 10.8 Å². The largest absolute Gasteiger partial charge is 0.350 e. The lowest BCUT2D eigenvalue weighted by Gasteiger charge is -2.33. The first-order chi connectivity index (χ1) is 18.2. The number of amides is 2. The highest BCUT2D eigenvalue weighted by Crippen LogP contribution is 2.35. The van der Waals surface area contributed by atoms with Gasteiger partial charge in [-0.3, -0.25) is 13.9 Å². The molecular weight excluding hydrogens is 557 g/mol. The zero-order valence-electron chi connectivity index (χ0n) is 22.6. The van der Waals surface area contributed by atoms with E-state index in [0.717, 1.165) is 15.4 Å². The molecule has 0 aromatic heterocycles. The predicted octanol–water partition coefficient (Wildman–Crippen LogP) is 5.83. The number of carbonyl (C=O) groups is 2. The third-order valence-electron chi connectivity index (χ3n) is 5.95. The van der Waals surface area contributed by atoms with Crippen molar-refractivity contribution in [3.05, 3.63) is 94.0 Å². The van der Waals surface area contributed by atoms with Crippen LogP contribution in [0.2, 0.25) is 10.0 Å². The van der Waals surface area contributed by atoms with Crippen molar-refractivity contribution in [1.29, 1.82) is 0 Å². The summed E-state index contributed by atoms with van der Waals surface area (Å²) in [7, 11) is -4.24. The molecule has 0 saturated carbocycles. The summed E-state index contributed by atoms with van der Waals surface area (Å²) in [5.74, 6) is -0.942. The van der Waals surface area contributed by atoms with E-state index in [9.17, 15) is 18.0 Å². The standard InChI is InChI=1S/C29H33Cl2N3O4S/c1-20-14-16-23(17-15-20)39(37,38)34(25-13-9-12-24(30)27(25)31)19-26(35)33(18-22-10-7-6-8-11-22)21(2)28(36)32-29(3,4)5/h6-17,21H,18-19H2,1-5H3,(H,32,36). The van der Waals surface area contributed by atoms with Gasteiger partial charge >= 0.3 is 0 Å². The monoisotopic (exact) mass is 589 g/mol. The summed E-state index contributed by atoms with van der Waals surface area (Å²) < 4.78 is 28.7. The van der Waals surface area contributed by atoms with Crippen LogP contribution in [0, 0.1) is 6.92 Å². The summed E-state index contributed by atoms with van der Waals surface area (Å²) in [6, 6.07) is 19.2. The fraction of sp³-hybridized carbons (Fsp3) is 0.310. The first-order valence-corrected chi connectivity index (χ1v) is 14.6. The number of nitrogens with zero attached hydrogens (tertiary/aromatic N) is 2. The van der Waals surface area contributed by atoms with Gasteiger partial charge in [-0.25, -0.2) is 8.42 Å². The maximum atomic E-state index is 13.9. The van der Waals surface area contributed by atoms with Gasteiger partial charge in [-0.15, -0.1) is 0 Å². The van der Waals surface area contributed by atoms with E-state index in [1.807, 2.05) is 58.0 Å². The maximum Gasteiger partial charge on any atom is 0.264 e. The van der Waals surface area contributed by atoms with Crippen LogP contribution in [-0.2, 0) is 26.2 Å². The van der Waals surface area contributed by atoms with Crippen LogP contribution in [0.3, 0.4) is 0 Å². The molecular formula is C29H33Cl2N3O4S. The minimum atomic E-state index is -4.24. The zero-order chi connectivity index (χ0) is 29.0. The number of hydrogen-bond acceptors (Lipinski definition) is 4. The van der Waals surface area contributed by atoms with E-state index in [1.165, 1.54) is 29.2 Å². The normalized spacial score (nSPS) is 12.5. The lowest BCUT2D eigenvalue weighted by atomic mass is 10.1. The Morgan fingerprint density at radius 2 is 1.54 bits per heavy atom. The van der Waals surface area contributed by atoms with E-state index in [1.54, 1.807) is 25.1 Å². The van der Waals surface area contributed by atoms with Crippen LogP contribution >= 0.6 is 23.2 Å². The molecule has 0 aliphatic heterocycles. The number of nitrogens with one attached hydrogen (secondary N) is 1. The molecule has 3 rings (SSSR count). The molecule has 0 radical (unpaired) electrons. The molecule has 10 heteroatoms. The predicted molar refractivity (Wildman–Crippen MR) is 157 cm³/mol. The number of hydrogen-bond donors (Lipinski definition) is 1. The number of sulfonamides is 1. The summed E-state index contributed by atoms with van der Waals surface area (Å²) in [5, 5.41) is 3.04. The molecule has 1 atom stereocenters. The second kappa shape index (κ2) is 12.4. The molecule has 0 bridgehead atoms. The highest BCUT2D eigenvalue weighted by molar-refractivity contribution is 7.92. The molecule has 0 spiro atoms. The van der Waals surface area contributed by atoms with Crippen molar-refractivity contribution < 1.29 is 18.0 Å². The van der Waals surface area contributed by atoms with Crippen molar-refractivity contribution in [3.63, 3.8) is 0 Å². The molecule has 3 aromatic carbocycles. The Morgan fingerprint density at radius 3 is 2.13 bits per heavy atom. The fourth-order valence-corrected chi connectivity index (χ4v) is 5.75. The number of rotatable bonds is 9. The topological polar surface area (TPSA) is 86.8 Å². The van der Waals surface area contributed by atoms with E-state index in [4.69, 9.17) is 23.2 Å². The molecule has 1 N–H and O–H groups in total. The van der Waals surface area contributed by atoms with Gasteiger partial charge in [0.15, 0.2) is 0 Å². The van der Waals surface area contributed by atoms with Crippen molar-refractivity contribution in [2.24, 2.45) is 0 Å². The fourth-order valence-electron chi connectivity index (χ4n) is 3.87. The Bertz CT molecular complexity index is 1420. The third-order valence-corrected chi connectivity index (χ3v) is 8.53. The second-order valence-corrected chi connectivity index (χ2v) is 13.0. The first kappa shape index (κ1) is 30.5. The molecule has 1 unspecified atom stereocenters. The van der Waals surface area contributed by atoms with Gasteiger partial charge in [-0.1, -0.05) is 77.3 Å². The number of anilines is 1. The zero-order valence-corrected chi connectivity index (χ0v) is 24.9. The van der Waals surface area contributed by atoms with E-state index >= 15 is 0 Å². The third kappa shape index (κ3) is 7.75. The van der Waals surface area contributed by atoms with Crippen LogP contribution in [0.1, 0.15) is 38.8 Å². The number of carbonyl (C=O) groups excluding carboxylic acids is 2. The highest BCUT2D eigenvalue weighted by atomic mass is 35.5. The molecule has 3 aromatic rings. The van der Waals surface area contributed by atoms with Crippen LogP contribution in [0.5, 0.6) is 0 Å². The molecule has 7 nitrogen and oxygen atoms in total. The number of aryl methyl sites for hydroxylation is 1. The first-order valence-electron chi connectivity index (χ1n) is 12.4. The quantitative estimate of drug-likeness (QED) is 0.340. The van der Waals surface area contributed by atoms with Gasteiger partial charge < -0.3 is 10.2 Å². The van der Waals surface area contributed by atoms with E-state index < -0.39 is 34.1 Å². The van der Waals surface area contributed by atoms with Crippen molar-refractivity contribution in [2.45, 2.75) is 57.6 Å². The smallest absolute Gasteiger partial charge is 0.264 e. The summed E-state index contributed by atoms with van der Waals surface area (Å²) in [6.07, 6.45) is 0. The van der Waals surface area contributed by atoms with Crippen LogP contribution in [0.25, 0.3) is 0 Å². The average molecular weight is 591 g/mol. The average Bonchev–Trinajstić information content (AvgIpc) is 2.87. The van der Waals surface area contributed by atoms with Crippen LogP contribution in [-0.4, -0.2) is 43.3 Å². The van der Waals surface area contributed by atoms with Crippen LogP contribution in [0.4, 0.5) is 5.69 Å². The van der Waals surface area contributed by atoms with Gasteiger partial charge in [0.05, 0.1) is 20.6 Å². The van der Waals surface area contributed by atoms with Gasteiger partial charge in [0.1, 0.15) is 12.6 Å². The van der Waals surface area contributed by atoms with E-state index in [0.29, 0.717) is 0 Å². The lowest BCUT2D eigenvalue weighted by molar-refractivity contribution is -0.140. The minimum absolute atomic E-state index is 0.00390. The molecule has 0 heterocycles. The Labute approximate surface area is 240 Å². The molecule has 208 valence electrons. The molecule has 2 amide bonds. The van der Waals surface area contributed by atoms with Crippen LogP contribution in [0.15, 0.2) is 77.7 Å². The van der Waals surface area contributed by atoms with E-state index in [-0.39, 0.29) is 33.1 Å². The van der Waals surface area contributed by atoms with Crippen molar-refractivity contribution in [3.8, 4) is 0 Å². The van der Waals surface area contributed by atoms with Crippen molar-refractivity contribution >= 4 is 50.7 Å².